The summed E-state index contributed by atoms with van der Waals surface area (Å²) in [7, 11) is -3.71. The molecule has 100 valence electrons. The van der Waals surface area contributed by atoms with Crippen LogP contribution in [0.1, 0.15) is 39.0 Å². The molecular weight excluding hydrogens is 355 g/mol. The van der Waals surface area contributed by atoms with Crippen molar-refractivity contribution in [2.45, 2.75) is 39.0 Å². The third-order valence-electron chi connectivity index (χ3n) is 1.51. The van der Waals surface area contributed by atoms with Crippen LogP contribution in [0.4, 0.5) is 0 Å². The Hall–Kier alpha value is 0.480. The van der Waals surface area contributed by atoms with E-state index in [4.69, 9.17) is 18.3 Å². The van der Waals surface area contributed by atoms with Crippen LogP contribution in [0.3, 0.4) is 0 Å². The zero-order chi connectivity index (χ0) is 13.2. The number of hydrogen-bond acceptors (Lipinski definition) is 6. The summed E-state index contributed by atoms with van der Waals surface area (Å²) >= 11 is -5.69. The SMILES string of the molecule is CCCCCCCS(=O)(=O)O.[O-][I+3]([O-])([O-])O. The predicted molar refractivity (Wildman–Crippen MR) is 47.4 cm³/mol. The monoisotopic (exact) mass is 372 g/mol. The smallest absolute Gasteiger partial charge is 0.286 e. The lowest BCUT2D eigenvalue weighted by Gasteiger charge is -1.96. The van der Waals surface area contributed by atoms with Crippen molar-refractivity contribution in [3.63, 3.8) is 0 Å². The Kier molecular flexibility index (Phi) is 11.2. The van der Waals surface area contributed by atoms with Crippen molar-refractivity contribution in [1.29, 1.82) is 0 Å². The molecule has 0 saturated heterocycles. The standard InChI is InChI=1S/C7H16O3S.HIO4/c1-2-3-4-5-6-7-11(8,9)10;2-1(3,4)5/h2-7H2,1H3,(H,8,9,10);2H. The molecule has 2 N–H and O–H groups in total. The van der Waals surface area contributed by atoms with Crippen LogP contribution in [0.25, 0.3) is 0 Å². The second-order valence-corrected chi connectivity index (χ2v) is 6.93. The van der Waals surface area contributed by atoms with E-state index < -0.39 is 30.2 Å². The van der Waals surface area contributed by atoms with Gasteiger partial charge in [0, 0.05) is 3.44 Å². The van der Waals surface area contributed by atoms with Gasteiger partial charge in [-0.2, -0.15) is 8.42 Å². The van der Waals surface area contributed by atoms with Gasteiger partial charge in [0.2, 0.25) is 0 Å². The third kappa shape index (κ3) is 36.6. The maximum atomic E-state index is 10.2. The Morgan fingerprint density at radius 2 is 1.44 bits per heavy atom. The van der Waals surface area contributed by atoms with Gasteiger partial charge in [-0.25, -0.2) is 0 Å². The lowest BCUT2D eigenvalue weighted by Crippen LogP contribution is -4.23. The van der Waals surface area contributed by atoms with Crippen LogP contribution >= 0.6 is 0 Å². The van der Waals surface area contributed by atoms with E-state index in [0.29, 0.717) is 6.42 Å². The molecule has 0 radical (unpaired) electrons. The lowest BCUT2D eigenvalue weighted by atomic mass is 10.2. The quantitative estimate of drug-likeness (QED) is 0.269. The summed E-state index contributed by atoms with van der Waals surface area (Å²) in [6.07, 6.45) is 4.83. The van der Waals surface area contributed by atoms with Crippen molar-refractivity contribution in [3.05, 3.63) is 0 Å². The third-order valence-corrected chi connectivity index (χ3v) is 2.31. The van der Waals surface area contributed by atoms with Crippen molar-refractivity contribution in [2.24, 2.45) is 0 Å². The summed E-state index contributed by atoms with van der Waals surface area (Å²) in [4.78, 5) is 0. The van der Waals surface area contributed by atoms with Crippen LogP contribution in [0, 0.1) is 0 Å². The van der Waals surface area contributed by atoms with Crippen LogP contribution in [0.5, 0.6) is 0 Å². The molecule has 0 aliphatic rings. The molecule has 0 fully saturated rings. The van der Waals surface area contributed by atoms with E-state index in [1.165, 1.54) is 0 Å². The topological polar surface area (TPSA) is 144 Å². The highest BCUT2D eigenvalue weighted by Gasteiger charge is 2.11. The zero-order valence-corrected chi connectivity index (χ0v) is 11.9. The molecule has 0 amide bonds. The summed E-state index contributed by atoms with van der Waals surface area (Å²) in [6, 6.07) is 0. The fourth-order valence-corrected chi connectivity index (χ4v) is 1.46. The van der Waals surface area contributed by atoms with Crippen molar-refractivity contribution >= 4 is 10.1 Å². The van der Waals surface area contributed by atoms with Crippen LogP contribution < -0.4 is 30.4 Å². The molecular formula is C7H17IO7S. The summed E-state index contributed by atoms with van der Waals surface area (Å²) < 4.78 is 62.0. The molecule has 0 aromatic heterocycles. The Morgan fingerprint density at radius 3 is 1.75 bits per heavy atom. The molecule has 0 saturated carbocycles. The molecule has 0 atom stereocenters. The minimum Gasteiger partial charge on any atom is -0.286 e. The van der Waals surface area contributed by atoms with Gasteiger partial charge in [-0.1, -0.05) is 32.6 Å². The van der Waals surface area contributed by atoms with E-state index in [0.717, 1.165) is 25.7 Å². The Labute approximate surface area is 102 Å². The molecule has 0 aliphatic carbocycles. The second-order valence-electron chi connectivity index (χ2n) is 3.10. The van der Waals surface area contributed by atoms with Crippen molar-refractivity contribution in [2.75, 3.05) is 5.75 Å². The maximum absolute atomic E-state index is 10.2. The average Bonchev–Trinajstić information content (AvgIpc) is 1.98. The van der Waals surface area contributed by atoms with Gasteiger partial charge in [0.05, 0.1) is 5.75 Å². The second kappa shape index (κ2) is 9.50. The summed E-state index contributed by atoms with van der Waals surface area (Å²) in [5, 5.41) is 0. The maximum Gasteiger partial charge on any atom is 0.368 e. The molecule has 0 spiro atoms. The van der Waals surface area contributed by atoms with Crippen LogP contribution in [0.2, 0.25) is 0 Å². The summed E-state index contributed by atoms with van der Waals surface area (Å²) in [5.41, 5.74) is 0. The molecule has 0 aromatic rings. The van der Waals surface area contributed by atoms with Crippen LogP contribution in [-0.2, 0) is 10.1 Å². The van der Waals surface area contributed by atoms with Gasteiger partial charge in [0.15, 0.2) is 0 Å². The van der Waals surface area contributed by atoms with E-state index in [1.54, 1.807) is 0 Å². The van der Waals surface area contributed by atoms with Gasteiger partial charge in [-0.3, -0.25) is 14.9 Å². The zero-order valence-electron chi connectivity index (χ0n) is 8.96. The minimum absolute atomic E-state index is 0.0866. The Balaban J connectivity index is 0. The van der Waals surface area contributed by atoms with Crippen molar-refractivity contribution in [3.8, 4) is 0 Å². The first kappa shape index (κ1) is 18.8. The predicted octanol–water partition coefficient (Wildman–Crippen LogP) is -5.28. The molecule has 7 nitrogen and oxygen atoms in total. The van der Waals surface area contributed by atoms with Gasteiger partial charge < -0.3 is 0 Å². The molecule has 0 aliphatic heterocycles. The molecule has 0 aromatic carbocycles. The fourth-order valence-electron chi connectivity index (χ4n) is 0.888. The number of unbranched alkanes of at least 4 members (excludes halogenated alkanes) is 4. The average molecular weight is 372 g/mol. The van der Waals surface area contributed by atoms with Crippen LogP contribution in [-0.4, -0.2) is 22.2 Å². The summed E-state index contributed by atoms with van der Waals surface area (Å²) in [5.74, 6) is -0.0866. The minimum atomic E-state index is -5.69. The number of halogens is 1. The number of hydrogen-bond donors (Lipinski definition) is 2. The fraction of sp³-hybridized carbons (Fsp3) is 1.00. The molecule has 0 heterocycles. The molecule has 0 rings (SSSR count). The first-order valence-electron chi connectivity index (χ1n) is 4.64. The van der Waals surface area contributed by atoms with Gasteiger partial charge in [-0.05, 0) is 6.42 Å². The first-order valence-corrected chi connectivity index (χ1v) is 9.86. The Bertz CT molecular complexity index is 240. The van der Waals surface area contributed by atoms with E-state index in [9.17, 15) is 8.42 Å². The highest BCUT2D eigenvalue weighted by Crippen LogP contribution is 2.03. The van der Waals surface area contributed by atoms with Gasteiger partial charge in [0.1, 0.15) is 0 Å². The molecule has 0 unspecified atom stereocenters. The first-order chi connectivity index (χ1) is 7.06. The van der Waals surface area contributed by atoms with E-state index >= 15 is 0 Å². The van der Waals surface area contributed by atoms with Gasteiger partial charge >= 0.3 is 20.1 Å². The van der Waals surface area contributed by atoms with Crippen molar-refractivity contribution in [1.82, 2.24) is 0 Å². The normalized spacial score (nSPS) is 11.9. The molecule has 0 bridgehead atoms. The van der Waals surface area contributed by atoms with Gasteiger partial charge in [-0.15, -0.1) is 0 Å². The van der Waals surface area contributed by atoms with E-state index in [2.05, 4.69) is 6.92 Å². The largest absolute Gasteiger partial charge is 0.368 e. The van der Waals surface area contributed by atoms with Crippen LogP contribution in [0.15, 0.2) is 0 Å². The highest BCUT2D eigenvalue weighted by atomic mass is 127. The lowest BCUT2D eigenvalue weighted by molar-refractivity contribution is -1.92. The molecule has 16 heavy (non-hydrogen) atoms. The molecule has 9 heteroatoms. The van der Waals surface area contributed by atoms with E-state index in [-0.39, 0.29) is 5.75 Å². The highest BCUT2D eigenvalue weighted by molar-refractivity contribution is 7.85. The summed E-state index contributed by atoms with van der Waals surface area (Å²) in [6.45, 7) is 2.10. The Morgan fingerprint density at radius 1 is 1.06 bits per heavy atom. The van der Waals surface area contributed by atoms with E-state index in [1.807, 2.05) is 0 Å². The van der Waals surface area contributed by atoms with Gasteiger partial charge in [0.25, 0.3) is 10.1 Å². The number of rotatable bonds is 6. The van der Waals surface area contributed by atoms with Crippen molar-refractivity contribution < 1.29 is 46.8 Å².